The number of ether oxygens (including phenoxy) is 2. The summed E-state index contributed by atoms with van der Waals surface area (Å²) in [5.41, 5.74) is 0.997. The molecule has 1 amide bonds. The lowest BCUT2D eigenvalue weighted by Crippen LogP contribution is -2.42. The average molecular weight is 458 g/mol. The molecule has 32 heavy (non-hydrogen) atoms. The Balaban J connectivity index is 1.72. The third-order valence-corrected chi connectivity index (χ3v) is 6.02. The molecule has 0 radical (unpaired) electrons. The number of carbonyl (C=O) groups excluding carboxylic acids is 2. The van der Waals surface area contributed by atoms with E-state index in [1.54, 1.807) is 36.7 Å². The van der Waals surface area contributed by atoms with Crippen molar-refractivity contribution in [2.24, 2.45) is 0 Å². The number of nitrogens with zero attached hydrogens (tertiary/aromatic N) is 3. The number of morpholine rings is 1. The van der Waals surface area contributed by atoms with Gasteiger partial charge in [0.1, 0.15) is 11.5 Å². The Kier molecular flexibility index (Phi) is 6.74. The first-order chi connectivity index (χ1) is 15.5. The minimum Gasteiger partial charge on any atom is -0.507 e. The molecule has 3 heterocycles. The fraction of sp³-hybridized carbons (Fsp3) is 0.348. The van der Waals surface area contributed by atoms with Crippen LogP contribution in [0.1, 0.15) is 17.2 Å². The van der Waals surface area contributed by atoms with Gasteiger partial charge < -0.3 is 19.5 Å². The van der Waals surface area contributed by atoms with Crippen molar-refractivity contribution >= 4 is 29.1 Å². The third-order valence-electron chi connectivity index (χ3n) is 5.73. The Morgan fingerprint density at radius 1 is 1.25 bits per heavy atom. The minimum absolute atomic E-state index is 0.0196. The topological polar surface area (TPSA) is 92.2 Å². The van der Waals surface area contributed by atoms with Gasteiger partial charge in [-0.15, -0.1) is 0 Å². The third kappa shape index (κ3) is 4.34. The van der Waals surface area contributed by atoms with E-state index in [0.717, 1.165) is 13.1 Å². The van der Waals surface area contributed by atoms with Crippen LogP contribution in [-0.2, 0) is 14.3 Å². The van der Waals surface area contributed by atoms with Crippen LogP contribution >= 0.6 is 11.6 Å². The normalized spacial score (nSPS) is 21.2. The Morgan fingerprint density at radius 2 is 2.03 bits per heavy atom. The number of methoxy groups -OCH3 is 1. The molecule has 9 heteroatoms. The van der Waals surface area contributed by atoms with Crippen LogP contribution in [0.5, 0.6) is 5.75 Å². The monoisotopic (exact) mass is 457 g/mol. The fourth-order valence-corrected chi connectivity index (χ4v) is 4.30. The molecule has 2 saturated heterocycles. The molecule has 1 N–H and O–H groups in total. The van der Waals surface area contributed by atoms with Gasteiger partial charge in [0, 0.05) is 44.1 Å². The van der Waals surface area contributed by atoms with Crippen LogP contribution in [0.2, 0.25) is 5.02 Å². The molecule has 2 aromatic rings. The molecular weight excluding hydrogens is 434 g/mol. The predicted molar refractivity (Wildman–Crippen MR) is 119 cm³/mol. The number of rotatable bonds is 6. The van der Waals surface area contributed by atoms with Gasteiger partial charge in [0.05, 0.1) is 37.0 Å². The van der Waals surface area contributed by atoms with Crippen molar-refractivity contribution in [2.75, 3.05) is 46.5 Å². The maximum Gasteiger partial charge on any atom is 0.295 e. The van der Waals surface area contributed by atoms with E-state index in [1.807, 2.05) is 0 Å². The molecule has 4 rings (SSSR count). The van der Waals surface area contributed by atoms with Crippen LogP contribution in [0.3, 0.4) is 0 Å². The van der Waals surface area contributed by atoms with Gasteiger partial charge in [-0.05, 0) is 29.8 Å². The molecule has 0 bridgehead atoms. The summed E-state index contributed by atoms with van der Waals surface area (Å²) in [4.78, 5) is 33.9. The van der Waals surface area contributed by atoms with E-state index < -0.39 is 17.7 Å². The Hall–Kier alpha value is -2.94. The Labute approximate surface area is 191 Å². The molecule has 0 saturated carbocycles. The summed E-state index contributed by atoms with van der Waals surface area (Å²) in [6.07, 6.45) is 3.22. The zero-order valence-corrected chi connectivity index (χ0v) is 18.4. The first-order valence-corrected chi connectivity index (χ1v) is 10.7. The largest absolute Gasteiger partial charge is 0.507 e. The smallest absolute Gasteiger partial charge is 0.295 e. The molecule has 168 valence electrons. The summed E-state index contributed by atoms with van der Waals surface area (Å²) in [5.74, 6) is -1.22. The highest BCUT2D eigenvalue weighted by atomic mass is 35.5. The number of likely N-dealkylation sites (tertiary alicyclic amines) is 1. The number of aromatic nitrogens is 1. The molecule has 0 unspecified atom stereocenters. The van der Waals surface area contributed by atoms with E-state index in [0.29, 0.717) is 43.2 Å². The van der Waals surface area contributed by atoms with E-state index in [1.165, 1.54) is 18.1 Å². The fourth-order valence-electron chi connectivity index (χ4n) is 4.04. The van der Waals surface area contributed by atoms with Crippen LogP contribution in [0, 0.1) is 0 Å². The standard InChI is InChI=1S/C23H24ClN3O5/c1-31-18-5-4-15(13-17(18)24)21(28)19-20(16-3-2-6-25-14-16)27(23(30)22(19)29)8-7-26-9-11-32-12-10-26/h2-6,13-14,20,28H,7-12H2,1H3/t20-/m1/s1. The SMILES string of the molecule is COc1ccc(C(O)=C2C(=O)C(=O)N(CCN3CCOCC3)[C@@H]2c2cccnc2)cc1Cl. The molecule has 2 aliphatic heterocycles. The van der Waals surface area contributed by atoms with Gasteiger partial charge >= 0.3 is 0 Å². The first kappa shape index (κ1) is 22.3. The summed E-state index contributed by atoms with van der Waals surface area (Å²) < 4.78 is 10.5. The van der Waals surface area contributed by atoms with Gasteiger partial charge in [0.2, 0.25) is 0 Å². The molecule has 1 aromatic heterocycles. The molecule has 1 atom stereocenters. The van der Waals surface area contributed by atoms with E-state index >= 15 is 0 Å². The summed E-state index contributed by atoms with van der Waals surface area (Å²) in [6, 6.07) is 7.50. The van der Waals surface area contributed by atoms with Gasteiger partial charge in [-0.2, -0.15) is 0 Å². The van der Waals surface area contributed by atoms with E-state index in [9.17, 15) is 14.7 Å². The molecule has 2 fully saturated rings. The van der Waals surface area contributed by atoms with Crippen LogP contribution in [-0.4, -0.2) is 78.1 Å². The highest BCUT2D eigenvalue weighted by molar-refractivity contribution is 6.46. The van der Waals surface area contributed by atoms with Crippen molar-refractivity contribution < 1.29 is 24.2 Å². The zero-order chi connectivity index (χ0) is 22.7. The maximum absolute atomic E-state index is 13.1. The molecule has 8 nitrogen and oxygen atoms in total. The number of hydrogen-bond donors (Lipinski definition) is 1. The van der Waals surface area contributed by atoms with Crippen LogP contribution in [0.4, 0.5) is 0 Å². The molecule has 2 aliphatic rings. The number of ketones is 1. The zero-order valence-electron chi connectivity index (χ0n) is 17.7. The van der Waals surface area contributed by atoms with Crippen LogP contribution < -0.4 is 4.74 Å². The van der Waals surface area contributed by atoms with Gasteiger partial charge in [-0.25, -0.2) is 0 Å². The number of halogens is 1. The highest BCUT2D eigenvalue weighted by Gasteiger charge is 2.46. The van der Waals surface area contributed by atoms with Gasteiger partial charge in [-0.1, -0.05) is 17.7 Å². The van der Waals surface area contributed by atoms with Crippen LogP contribution in [0.25, 0.3) is 5.76 Å². The van der Waals surface area contributed by atoms with Gasteiger partial charge in [0.15, 0.2) is 0 Å². The average Bonchev–Trinajstić information content (AvgIpc) is 3.08. The van der Waals surface area contributed by atoms with E-state index in [2.05, 4.69) is 9.88 Å². The van der Waals surface area contributed by atoms with Crippen molar-refractivity contribution in [3.8, 4) is 5.75 Å². The second-order valence-corrected chi connectivity index (χ2v) is 7.99. The lowest BCUT2D eigenvalue weighted by molar-refractivity contribution is -0.140. The lowest BCUT2D eigenvalue weighted by Gasteiger charge is -2.30. The van der Waals surface area contributed by atoms with Gasteiger partial charge in [0.25, 0.3) is 11.7 Å². The van der Waals surface area contributed by atoms with Crippen molar-refractivity contribution in [1.29, 1.82) is 0 Å². The van der Waals surface area contributed by atoms with Crippen molar-refractivity contribution in [3.05, 3.63) is 64.4 Å². The number of aliphatic hydroxyl groups is 1. The van der Waals surface area contributed by atoms with E-state index in [4.69, 9.17) is 21.1 Å². The summed E-state index contributed by atoms with van der Waals surface area (Å²) >= 11 is 6.22. The molecular formula is C23H24ClN3O5. The summed E-state index contributed by atoms with van der Waals surface area (Å²) in [5, 5.41) is 11.4. The van der Waals surface area contributed by atoms with Crippen molar-refractivity contribution in [1.82, 2.24) is 14.8 Å². The van der Waals surface area contributed by atoms with Crippen molar-refractivity contribution in [2.45, 2.75) is 6.04 Å². The number of pyridine rings is 1. The number of carbonyl (C=O) groups is 2. The number of aliphatic hydroxyl groups excluding tert-OH is 1. The van der Waals surface area contributed by atoms with Crippen molar-refractivity contribution in [3.63, 3.8) is 0 Å². The second-order valence-electron chi connectivity index (χ2n) is 7.58. The molecule has 0 aliphatic carbocycles. The number of benzene rings is 1. The van der Waals surface area contributed by atoms with Gasteiger partial charge in [-0.3, -0.25) is 19.5 Å². The first-order valence-electron chi connectivity index (χ1n) is 10.3. The maximum atomic E-state index is 13.1. The number of hydrogen-bond acceptors (Lipinski definition) is 7. The lowest BCUT2D eigenvalue weighted by atomic mass is 9.96. The molecule has 1 aromatic carbocycles. The Bertz CT molecular complexity index is 1040. The predicted octanol–water partition coefficient (Wildman–Crippen LogP) is 2.50. The second kappa shape index (κ2) is 9.68. The number of amides is 1. The molecule has 0 spiro atoms. The minimum atomic E-state index is -0.745. The summed E-state index contributed by atoms with van der Waals surface area (Å²) in [7, 11) is 1.49. The highest BCUT2D eigenvalue weighted by Crippen LogP contribution is 2.39. The Morgan fingerprint density at radius 3 is 2.69 bits per heavy atom. The van der Waals surface area contributed by atoms with Crippen LogP contribution in [0.15, 0.2) is 48.3 Å². The van der Waals surface area contributed by atoms with E-state index in [-0.39, 0.29) is 16.4 Å². The quantitative estimate of drug-likeness (QED) is 0.404. The summed E-state index contributed by atoms with van der Waals surface area (Å²) in [6.45, 7) is 3.76. The number of Topliss-reactive ketones (excluding diaryl/α,β-unsaturated/α-hetero) is 1.